The van der Waals surface area contributed by atoms with Gasteiger partial charge in [0.05, 0.1) is 5.69 Å². The van der Waals surface area contributed by atoms with Gasteiger partial charge in [-0.1, -0.05) is 33.6 Å². The van der Waals surface area contributed by atoms with Gasteiger partial charge in [-0.05, 0) is 25.5 Å². The van der Waals surface area contributed by atoms with Crippen molar-refractivity contribution in [1.29, 1.82) is 0 Å². The third-order valence-corrected chi connectivity index (χ3v) is 5.26. The van der Waals surface area contributed by atoms with E-state index in [9.17, 15) is 4.79 Å². The van der Waals surface area contributed by atoms with Gasteiger partial charge in [0.2, 0.25) is 0 Å². The largest absolute Gasteiger partial charge is 0.397 e. The zero-order valence-electron chi connectivity index (χ0n) is 11.1. The molecule has 104 valence electrons. The summed E-state index contributed by atoms with van der Waals surface area (Å²) in [4.78, 5) is 15.1. The number of carbonyl (C=O) groups is 1. The van der Waals surface area contributed by atoms with Gasteiger partial charge in [-0.25, -0.2) is 0 Å². The molecule has 0 saturated heterocycles. The number of hydrogen-bond donors (Lipinski definition) is 1. The van der Waals surface area contributed by atoms with E-state index in [1.807, 2.05) is 23.1 Å². The molecule has 0 bridgehead atoms. The predicted molar refractivity (Wildman–Crippen MR) is 88.2 cm³/mol. The van der Waals surface area contributed by atoms with E-state index < -0.39 is 0 Å². The molecule has 3 nitrogen and oxygen atoms in total. The van der Waals surface area contributed by atoms with Crippen LogP contribution in [0.3, 0.4) is 0 Å². The van der Waals surface area contributed by atoms with Crippen LogP contribution in [0.25, 0.3) is 10.1 Å². The van der Waals surface area contributed by atoms with Crippen molar-refractivity contribution in [1.82, 2.24) is 4.90 Å². The number of nitrogens with two attached hydrogens (primary N) is 1. The molecule has 0 aliphatic carbocycles. The van der Waals surface area contributed by atoms with Crippen molar-refractivity contribution in [2.24, 2.45) is 0 Å². The maximum absolute atomic E-state index is 12.6. The first-order chi connectivity index (χ1) is 9.56. The van der Waals surface area contributed by atoms with Gasteiger partial charge in [0.25, 0.3) is 5.91 Å². The Bertz CT molecular complexity index is 720. The minimum absolute atomic E-state index is 0.0450. The lowest BCUT2D eigenvalue weighted by molar-refractivity contribution is 0.0775. The van der Waals surface area contributed by atoms with Crippen molar-refractivity contribution in [2.45, 2.75) is 13.3 Å². The highest BCUT2D eigenvalue weighted by Crippen LogP contribution is 2.36. The van der Waals surface area contributed by atoms with Gasteiger partial charge in [-0.15, -0.1) is 11.3 Å². The monoisotopic (exact) mass is 350 g/mol. The Hall–Kier alpha value is -1.33. The summed E-state index contributed by atoms with van der Waals surface area (Å²) < 4.78 is 2.05. The van der Waals surface area contributed by atoms with E-state index >= 15 is 0 Å². The lowest BCUT2D eigenvalue weighted by atomic mass is 10.1. The van der Waals surface area contributed by atoms with Crippen LogP contribution in [0.2, 0.25) is 0 Å². The normalized spacial score (nSPS) is 15.5. The smallest absolute Gasteiger partial charge is 0.266 e. The van der Waals surface area contributed by atoms with Crippen molar-refractivity contribution < 1.29 is 4.79 Å². The van der Waals surface area contributed by atoms with Crippen LogP contribution >= 0.6 is 27.3 Å². The van der Waals surface area contributed by atoms with Crippen LogP contribution < -0.4 is 5.73 Å². The SMILES string of the molecule is CC1=CCN(C(=O)c2sc3cc(Br)ccc3c2N)CC1. The van der Waals surface area contributed by atoms with Crippen molar-refractivity contribution in [3.05, 3.63) is 39.2 Å². The summed E-state index contributed by atoms with van der Waals surface area (Å²) in [5, 5.41) is 0.963. The van der Waals surface area contributed by atoms with Gasteiger partial charge in [-0.2, -0.15) is 0 Å². The summed E-state index contributed by atoms with van der Waals surface area (Å²) >= 11 is 4.92. The zero-order valence-corrected chi connectivity index (χ0v) is 13.6. The van der Waals surface area contributed by atoms with Crippen LogP contribution in [0.5, 0.6) is 0 Å². The van der Waals surface area contributed by atoms with Crippen LogP contribution in [-0.2, 0) is 0 Å². The molecule has 0 fully saturated rings. The summed E-state index contributed by atoms with van der Waals surface area (Å²) in [5.41, 5.74) is 8.11. The Kier molecular flexibility index (Phi) is 3.56. The van der Waals surface area contributed by atoms with Gasteiger partial charge in [-0.3, -0.25) is 4.79 Å². The quantitative estimate of drug-likeness (QED) is 0.789. The fraction of sp³-hybridized carbons (Fsp3) is 0.267. The Morgan fingerprint density at radius 3 is 2.95 bits per heavy atom. The molecule has 20 heavy (non-hydrogen) atoms. The average Bonchev–Trinajstić information content (AvgIpc) is 2.75. The molecular weight excluding hydrogens is 336 g/mol. The van der Waals surface area contributed by atoms with Crippen molar-refractivity contribution in [2.75, 3.05) is 18.8 Å². The molecule has 1 aliphatic heterocycles. The minimum atomic E-state index is 0.0450. The molecule has 2 N–H and O–H groups in total. The maximum atomic E-state index is 12.6. The Morgan fingerprint density at radius 1 is 1.45 bits per heavy atom. The van der Waals surface area contributed by atoms with Crippen molar-refractivity contribution in [3.63, 3.8) is 0 Å². The van der Waals surface area contributed by atoms with E-state index in [2.05, 4.69) is 28.9 Å². The first kappa shape index (κ1) is 13.6. The summed E-state index contributed by atoms with van der Waals surface area (Å²) in [6.45, 7) is 3.56. The number of nitrogens with zero attached hydrogens (tertiary/aromatic N) is 1. The highest BCUT2D eigenvalue weighted by Gasteiger charge is 2.22. The number of anilines is 1. The van der Waals surface area contributed by atoms with E-state index in [-0.39, 0.29) is 5.91 Å². The topological polar surface area (TPSA) is 46.3 Å². The second-order valence-corrected chi connectivity index (χ2v) is 7.00. The van der Waals surface area contributed by atoms with E-state index in [0.717, 1.165) is 27.5 Å². The Balaban J connectivity index is 1.98. The molecule has 0 spiro atoms. The average molecular weight is 351 g/mol. The molecule has 1 aliphatic rings. The van der Waals surface area contributed by atoms with E-state index in [4.69, 9.17) is 5.73 Å². The molecule has 1 aromatic heterocycles. The number of halogens is 1. The standard InChI is InChI=1S/C15H15BrN2OS/c1-9-4-6-18(7-5-9)15(19)14-13(17)11-3-2-10(16)8-12(11)20-14/h2-4,8H,5-7,17H2,1H3. The molecule has 3 rings (SSSR count). The van der Waals surface area contributed by atoms with E-state index in [0.29, 0.717) is 17.1 Å². The summed E-state index contributed by atoms with van der Waals surface area (Å²) in [5.74, 6) is 0.0450. The first-order valence-corrected chi connectivity index (χ1v) is 8.09. The lowest BCUT2D eigenvalue weighted by Crippen LogP contribution is -2.34. The highest BCUT2D eigenvalue weighted by molar-refractivity contribution is 9.10. The number of carbonyl (C=O) groups excluding carboxylic acids is 1. The number of amides is 1. The second-order valence-electron chi connectivity index (χ2n) is 5.04. The van der Waals surface area contributed by atoms with Gasteiger partial charge in [0, 0.05) is 27.6 Å². The maximum Gasteiger partial charge on any atom is 0.266 e. The fourth-order valence-corrected chi connectivity index (χ4v) is 3.99. The van der Waals surface area contributed by atoms with Gasteiger partial charge in [0.1, 0.15) is 4.88 Å². The van der Waals surface area contributed by atoms with Crippen LogP contribution in [-0.4, -0.2) is 23.9 Å². The number of nitrogen functional groups attached to an aromatic ring is 1. The molecule has 0 unspecified atom stereocenters. The predicted octanol–water partition coefficient (Wildman–Crippen LogP) is 4.04. The van der Waals surface area contributed by atoms with Gasteiger partial charge < -0.3 is 10.6 Å². The molecule has 1 amide bonds. The van der Waals surface area contributed by atoms with Crippen molar-refractivity contribution in [3.8, 4) is 0 Å². The van der Waals surface area contributed by atoms with E-state index in [1.165, 1.54) is 16.9 Å². The first-order valence-electron chi connectivity index (χ1n) is 6.48. The Morgan fingerprint density at radius 2 is 2.25 bits per heavy atom. The Labute approximate surface area is 130 Å². The van der Waals surface area contributed by atoms with Crippen LogP contribution in [0.15, 0.2) is 34.3 Å². The molecule has 2 aromatic rings. The lowest BCUT2D eigenvalue weighted by Gasteiger charge is -2.25. The summed E-state index contributed by atoms with van der Waals surface area (Å²) in [6.07, 6.45) is 3.06. The third kappa shape index (κ3) is 2.36. The summed E-state index contributed by atoms with van der Waals surface area (Å²) in [7, 11) is 0. The van der Waals surface area contributed by atoms with Crippen LogP contribution in [0, 0.1) is 0 Å². The number of hydrogen-bond acceptors (Lipinski definition) is 3. The molecule has 0 radical (unpaired) electrons. The fourth-order valence-electron chi connectivity index (χ4n) is 2.35. The highest BCUT2D eigenvalue weighted by atomic mass is 79.9. The number of benzene rings is 1. The molecule has 0 atom stereocenters. The molecule has 1 aromatic carbocycles. The summed E-state index contributed by atoms with van der Waals surface area (Å²) in [6, 6.07) is 5.92. The van der Waals surface area contributed by atoms with Gasteiger partial charge in [0.15, 0.2) is 0 Å². The zero-order chi connectivity index (χ0) is 14.3. The third-order valence-electron chi connectivity index (χ3n) is 3.61. The van der Waals surface area contributed by atoms with E-state index in [1.54, 1.807) is 0 Å². The number of fused-ring (bicyclic) bond motifs is 1. The second kappa shape index (κ2) is 5.22. The molecule has 2 heterocycles. The molecule has 5 heteroatoms. The van der Waals surface area contributed by atoms with Crippen LogP contribution in [0.4, 0.5) is 5.69 Å². The minimum Gasteiger partial charge on any atom is -0.397 e. The number of rotatable bonds is 1. The van der Waals surface area contributed by atoms with Crippen molar-refractivity contribution >= 4 is 48.9 Å². The van der Waals surface area contributed by atoms with Gasteiger partial charge >= 0.3 is 0 Å². The molecular formula is C15H15BrN2OS. The molecule has 0 saturated carbocycles. The number of thiophene rings is 1. The van der Waals surface area contributed by atoms with Crippen LogP contribution in [0.1, 0.15) is 23.0 Å².